The molecule has 32 heavy (non-hydrogen) atoms. The fourth-order valence-corrected chi connectivity index (χ4v) is 3.83. The van der Waals surface area contributed by atoms with Gasteiger partial charge >= 0.3 is 11.9 Å². The molecule has 2 N–H and O–H groups in total. The lowest BCUT2D eigenvalue weighted by atomic mass is 9.80. The molecule has 2 aromatic rings. The minimum atomic E-state index is -1.10. The minimum absolute atomic E-state index is 0.0951. The zero-order chi connectivity index (χ0) is 23.4. The topological polar surface area (TPSA) is 84.9 Å². The first kappa shape index (κ1) is 23.1. The van der Waals surface area contributed by atoms with Crippen LogP contribution in [0, 0.1) is 6.92 Å². The molecular weight excluding hydrogens is 406 g/mol. The van der Waals surface area contributed by atoms with Crippen LogP contribution in [0.15, 0.2) is 71.1 Å². The first-order chi connectivity index (χ1) is 15.2. The van der Waals surface area contributed by atoms with Crippen molar-refractivity contribution in [2.24, 2.45) is 0 Å². The second kappa shape index (κ2) is 9.73. The second-order valence-corrected chi connectivity index (χ2v) is 8.21. The Morgan fingerprint density at radius 2 is 1.59 bits per heavy atom. The van der Waals surface area contributed by atoms with E-state index in [1.165, 1.54) is 0 Å². The first-order valence-corrected chi connectivity index (χ1v) is 10.6. The van der Waals surface area contributed by atoms with E-state index in [2.05, 4.69) is 5.32 Å². The lowest BCUT2D eigenvalue weighted by molar-refractivity contribution is -0.143. The van der Waals surface area contributed by atoms with Crippen LogP contribution in [0.4, 0.5) is 0 Å². The average Bonchev–Trinajstić information content (AvgIpc) is 2.72. The fraction of sp³-hybridized carbons (Fsp3) is 0.308. The van der Waals surface area contributed by atoms with Crippen molar-refractivity contribution in [3.63, 3.8) is 0 Å². The molecule has 1 aliphatic rings. The van der Waals surface area contributed by atoms with Crippen LogP contribution in [-0.4, -0.2) is 23.1 Å². The van der Waals surface area contributed by atoms with E-state index in [4.69, 9.17) is 9.47 Å². The number of dihydropyridines is 1. The molecule has 0 fully saturated rings. The van der Waals surface area contributed by atoms with Gasteiger partial charge in [0, 0.05) is 17.0 Å². The molecule has 6 heteroatoms. The van der Waals surface area contributed by atoms with Crippen LogP contribution in [0.25, 0.3) is 0 Å². The predicted octanol–water partition coefficient (Wildman–Crippen LogP) is 4.85. The van der Waals surface area contributed by atoms with Gasteiger partial charge in [-0.3, -0.25) is 0 Å². The van der Waals surface area contributed by atoms with Gasteiger partial charge in [-0.2, -0.15) is 0 Å². The zero-order valence-electron chi connectivity index (χ0n) is 19.1. The Morgan fingerprint density at radius 3 is 2.22 bits per heavy atom. The molecule has 0 amide bonds. The summed E-state index contributed by atoms with van der Waals surface area (Å²) in [4.78, 5) is 25.3. The third kappa shape index (κ3) is 5.02. The van der Waals surface area contributed by atoms with Crippen LogP contribution in [0.1, 0.15) is 50.3 Å². The van der Waals surface area contributed by atoms with Gasteiger partial charge in [0.05, 0.1) is 23.2 Å². The van der Waals surface area contributed by atoms with E-state index in [1.807, 2.05) is 43.3 Å². The molecule has 1 aliphatic heterocycles. The molecule has 1 heterocycles. The number of hydrogen-bond donors (Lipinski definition) is 2. The van der Waals surface area contributed by atoms with Gasteiger partial charge in [0.25, 0.3) is 0 Å². The molecule has 0 saturated heterocycles. The molecule has 0 saturated carbocycles. The summed E-state index contributed by atoms with van der Waals surface area (Å²) in [6.07, 6.45) is -0.336. The Labute approximate surface area is 188 Å². The molecule has 0 aliphatic carbocycles. The second-order valence-electron chi connectivity index (χ2n) is 8.21. The molecule has 3 rings (SSSR count). The molecule has 168 valence electrons. The smallest absolute Gasteiger partial charge is 0.337 e. The number of esters is 1. The number of para-hydroxylation sites is 1. The molecule has 1 unspecified atom stereocenters. The van der Waals surface area contributed by atoms with Gasteiger partial charge in [0.2, 0.25) is 0 Å². The van der Waals surface area contributed by atoms with E-state index < -0.39 is 17.9 Å². The van der Waals surface area contributed by atoms with Crippen LogP contribution < -0.4 is 10.1 Å². The third-order valence-electron chi connectivity index (χ3n) is 5.30. The van der Waals surface area contributed by atoms with E-state index in [0.717, 1.165) is 11.1 Å². The van der Waals surface area contributed by atoms with Crippen molar-refractivity contribution in [3.05, 3.63) is 87.8 Å². The highest BCUT2D eigenvalue weighted by Gasteiger charge is 2.38. The number of hydrogen-bond acceptors (Lipinski definition) is 5. The van der Waals surface area contributed by atoms with Crippen LogP contribution in [0.2, 0.25) is 0 Å². The van der Waals surface area contributed by atoms with Crippen molar-refractivity contribution >= 4 is 11.9 Å². The molecule has 2 aromatic carbocycles. The monoisotopic (exact) mass is 435 g/mol. The maximum Gasteiger partial charge on any atom is 0.337 e. The highest BCUT2D eigenvalue weighted by molar-refractivity contribution is 5.99. The number of carboxylic acid groups (broad SMARTS) is 1. The van der Waals surface area contributed by atoms with Crippen LogP contribution in [0.3, 0.4) is 0 Å². The normalized spacial score (nSPS) is 16.1. The number of ether oxygens (including phenoxy) is 2. The Hall–Kier alpha value is -3.54. The largest absolute Gasteiger partial charge is 0.489 e. The Kier molecular flexibility index (Phi) is 7.03. The number of carbonyl (C=O) groups is 2. The molecule has 1 atom stereocenters. The van der Waals surface area contributed by atoms with Gasteiger partial charge in [-0.1, -0.05) is 48.0 Å². The number of rotatable bonds is 7. The Balaban J connectivity index is 2.06. The van der Waals surface area contributed by atoms with E-state index in [1.54, 1.807) is 39.8 Å². The maximum atomic E-state index is 13.0. The number of aryl methyl sites for hydroxylation is 1. The van der Waals surface area contributed by atoms with E-state index >= 15 is 0 Å². The third-order valence-corrected chi connectivity index (χ3v) is 5.30. The van der Waals surface area contributed by atoms with Gasteiger partial charge in [-0.05, 0) is 46.2 Å². The Morgan fingerprint density at radius 1 is 0.969 bits per heavy atom. The number of benzene rings is 2. The molecule has 0 bridgehead atoms. The van der Waals surface area contributed by atoms with Gasteiger partial charge in [-0.15, -0.1) is 0 Å². The summed E-state index contributed by atoms with van der Waals surface area (Å²) in [5, 5.41) is 13.1. The molecular formula is C26H29NO5. The van der Waals surface area contributed by atoms with Gasteiger partial charge < -0.3 is 19.9 Å². The van der Waals surface area contributed by atoms with E-state index in [9.17, 15) is 14.7 Å². The lowest BCUT2D eigenvalue weighted by Crippen LogP contribution is -2.32. The maximum absolute atomic E-state index is 13.0. The lowest BCUT2D eigenvalue weighted by Gasteiger charge is -2.31. The summed E-state index contributed by atoms with van der Waals surface area (Å²) >= 11 is 0. The fourth-order valence-electron chi connectivity index (χ4n) is 3.83. The quantitative estimate of drug-likeness (QED) is 0.605. The van der Waals surface area contributed by atoms with Gasteiger partial charge in [0.1, 0.15) is 12.4 Å². The van der Waals surface area contributed by atoms with Crippen molar-refractivity contribution in [1.82, 2.24) is 5.32 Å². The SMILES string of the molecule is CC1=C(C(=O)O)C(c2ccccc2OCc2ccc(C)cc2)C(C(=O)OC(C)C)=C(C)N1. The molecule has 0 radical (unpaired) electrons. The van der Waals surface area contributed by atoms with Crippen molar-refractivity contribution in [2.75, 3.05) is 0 Å². The van der Waals surface area contributed by atoms with Crippen LogP contribution in [-0.2, 0) is 20.9 Å². The summed E-state index contributed by atoms with van der Waals surface area (Å²) in [5.41, 5.74) is 4.17. The van der Waals surface area contributed by atoms with Gasteiger partial charge in [0.15, 0.2) is 0 Å². The predicted molar refractivity (Wildman–Crippen MR) is 122 cm³/mol. The number of aliphatic carboxylic acids is 1. The van der Waals surface area contributed by atoms with E-state index in [0.29, 0.717) is 29.3 Å². The molecule has 0 spiro atoms. The standard InChI is InChI=1S/C26H29NO5/c1-15(2)32-26(30)23-18(5)27-17(4)22(25(28)29)24(23)20-8-6-7-9-21(20)31-14-19-12-10-16(3)11-13-19/h6-13,15,24,27H,14H2,1-5H3,(H,28,29). The van der Waals surface area contributed by atoms with Crippen LogP contribution >= 0.6 is 0 Å². The zero-order valence-corrected chi connectivity index (χ0v) is 19.1. The number of carboxylic acids is 1. The molecule has 6 nitrogen and oxygen atoms in total. The number of carbonyl (C=O) groups excluding carboxylic acids is 1. The van der Waals surface area contributed by atoms with Crippen molar-refractivity contribution in [2.45, 2.75) is 53.2 Å². The van der Waals surface area contributed by atoms with E-state index in [-0.39, 0.29) is 17.3 Å². The number of nitrogens with one attached hydrogen (secondary N) is 1. The van der Waals surface area contributed by atoms with Gasteiger partial charge in [-0.25, -0.2) is 9.59 Å². The molecule has 0 aromatic heterocycles. The van der Waals surface area contributed by atoms with Crippen molar-refractivity contribution < 1.29 is 24.2 Å². The summed E-state index contributed by atoms with van der Waals surface area (Å²) in [6.45, 7) is 9.31. The average molecular weight is 436 g/mol. The summed E-state index contributed by atoms with van der Waals surface area (Å²) in [6, 6.07) is 15.2. The summed E-state index contributed by atoms with van der Waals surface area (Å²) < 4.78 is 11.6. The van der Waals surface area contributed by atoms with Crippen LogP contribution in [0.5, 0.6) is 5.75 Å². The minimum Gasteiger partial charge on any atom is -0.489 e. The summed E-state index contributed by atoms with van der Waals surface area (Å²) in [7, 11) is 0. The summed E-state index contributed by atoms with van der Waals surface area (Å²) in [5.74, 6) is -1.95. The van der Waals surface area contributed by atoms with Crippen molar-refractivity contribution in [3.8, 4) is 5.75 Å². The number of allylic oxidation sites excluding steroid dienone is 2. The highest BCUT2D eigenvalue weighted by Crippen LogP contribution is 2.42. The first-order valence-electron chi connectivity index (χ1n) is 10.6. The Bertz CT molecular complexity index is 1080. The van der Waals surface area contributed by atoms with Crippen molar-refractivity contribution in [1.29, 1.82) is 0 Å². The highest BCUT2D eigenvalue weighted by atomic mass is 16.5.